The third-order valence-electron chi connectivity index (χ3n) is 4.47. The van der Waals surface area contributed by atoms with Crippen LogP contribution >= 0.6 is 15.9 Å². The van der Waals surface area contributed by atoms with Crippen molar-refractivity contribution >= 4 is 33.1 Å². The van der Waals surface area contributed by atoms with Crippen LogP contribution in [0.4, 0.5) is 4.79 Å². The normalized spacial score (nSPS) is 17.2. The van der Waals surface area contributed by atoms with Crippen LogP contribution in [0, 0.1) is 0 Å². The van der Waals surface area contributed by atoms with Gasteiger partial charge in [0.2, 0.25) is 0 Å². The highest BCUT2D eigenvalue weighted by molar-refractivity contribution is 9.10. The molecule has 0 radical (unpaired) electrons. The molecule has 1 fully saturated rings. The number of benzene rings is 2. The van der Waals surface area contributed by atoms with E-state index in [-0.39, 0.29) is 18.7 Å². The van der Waals surface area contributed by atoms with Crippen LogP contribution in [-0.4, -0.2) is 27.5 Å². The summed E-state index contributed by atoms with van der Waals surface area (Å²) < 4.78 is 6.48. The van der Waals surface area contributed by atoms with E-state index in [0.717, 1.165) is 39.7 Å². The van der Waals surface area contributed by atoms with Crippen molar-refractivity contribution < 1.29 is 9.53 Å². The molecular weight excluding hydrogens is 382 g/mol. The van der Waals surface area contributed by atoms with Crippen molar-refractivity contribution in [3.63, 3.8) is 0 Å². The maximum Gasteiger partial charge on any atom is 0.410 e. The lowest BCUT2D eigenvalue weighted by Crippen LogP contribution is -2.31. The molecule has 5 nitrogen and oxygen atoms in total. The second kappa shape index (κ2) is 6.88. The Morgan fingerprint density at radius 2 is 2.12 bits per heavy atom. The second-order valence-electron chi connectivity index (χ2n) is 6.18. The van der Waals surface area contributed by atoms with Crippen molar-refractivity contribution in [1.82, 2.24) is 14.9 Å². The molecular formula is C19H18BrN3O2. The number of aromatic amines is 1. The fourth-order valence-corrected chi connectivity index (χ4v) is 3.58. The van der Waals surface area contributed by atoms with Gasteiger partial charge in [0.25, 0.3) is 0 Å². The molecule has 0 unspecified atom stereocenters. The van der Waals surface area contributed by atoms with Gasteiger partial charge in [0.1, 0.15) is 12.4 Å². The van der Waals surface area contributed by atoms with Crippen LogP contribution in [-0.2, 0) is 11.3 Å². The molecule has 0 saturated carbocycles. The number of nitrogens with one attached hydrogen (secondary N) is 1. The zero-order valence-electron chi connectivity index (χ0n) is 13.6. The molecule has 0 aliphatic carbocycles. The first-order valence-electron chi connectivity index (χ1n) is 8.33. The van der Waals surface area contributed by atoms with Gasteiger partial charge in [0, 0.05) is 11.0 Å². The molecule has 1 N–H and O–H groups in total. The highest BCUT2D eigenvalue weighted by Gasteiger charge is 2.33. The summed E-state index contributed by atoms with van der Waals surface area (Å²) in [6.07, 6.45) is 1.56. The molecule has 2 aromatic carbocycles. The van der Waals surface area contributed by atoms with E-state index in [2.05, 4.69) is 25.9 Å². The Labute approximate surface area is 154 Å². The molecule has 128 valence electrons. The number of nitrogens with zero attached hydrogens (tertiary/aromatic N) is 2. The van der Waals surface area contributed by atoms with Gasteiger partial charge in [-0.05, 0) is 36.6 Å². The zero-order chi connectivity index (χ0) is 17.2. The van der Waals surface area contributed by atoms with E-state index in [1.807, 2.05) is 48.5 Å². The van der Waals surface area contributed by atoms with Gasteiger partial charge < -0.3 is 9.72 Å². The number of H-pyrrole nitrogens is 1. The van der Waals surface area contributed by atoms with Gasteiger partial charge in [0.05, 0.1) is 17.1 Å². The first-order chi connectivity index (χ1) is 12.2. The first kappa shape index (κ1) is 16.1. The monoisotopic (exact) mass is 399 g/mol. The molecule has 0 bridgehead atoms. The zero-order valence-corrected chi connectivity index (χ0v) is 15.2. The molecule has 1 aromatic heterocycles. The number of likely N-dealkylation sites (tertiary alicyclic amines) is 1. The number of halogens is 1. The van der Waals surface area contributed by atoms with E-state index in [4.69, 9.17) is 4.74 Å². The van der Waals surface area contributed by atoms with Crippen molar-refractivity contribution in [3.8, 4) is 0 Å². The molecule has 2 heterocycles. The molecule has 1 atom stereocenters. The fourth-order valence-electron chi connectivity index (χ4n) is 3.23. The average Bonchev–Trinajstić information content (AvgIpc) is 3.26. The van der Waals surface area contributed by atoms with E-state index in [1.54, 1.807) is 4.90 Å². The average molecular weight is 400 g/mol. The maximum atomic E-state index is 12.5. The molecule has 1 amide bonds. The third kappa shape index (κ3) is 3.39. The van der Waals surface area contributed by atoms with Crippen LogP contribution in [0.25, 0.3) is 11.0 Å². The van der Waals surface area contributed by atoms with Gasteiger partial charge >= 0.3 is 6.09 Å². The molecule has 3 aromatic rings. The number of fused-ring (bicyclic) bond motifs is 1. The summed E-state index contributed by atoms with van der Waals surface area (Å²) in [6.45, 7) is 0.981. The molecule has 4 rings (SSSR count). The number of imidazole rings is 1. The Morgan fingerprint density at radius 1 is 1.28 bits per heavy atom. The van der Waals surface area contributed by atoms with E-state index >= 15 is 0 Å². The highest BCUT2D eigenvalue weighted by Crippen LogP contribution is 2.32. The van der Waals surface area contributed by atoms with E-state index in [1.165, 1.54) is 0 Å². The number of hydrogen-bond acceptors (Lipinski definition) is 3. The molecule has 25 heavy (non-hydrogen) atoms. The summed E-state index contributed by atoms with van der Waals surface area (Å²) >= 11 is 3.46. The summed E-state index contributed by atoms with van der Waals surface area (Å²) in [5.74, 6) is 0.822. The molecule has 1 aliphatic rings. The summed E-state index contributed by atoms with van der Waals surface area (Å²) in [5.41, 5.74) is 2.86. The summed E-state index contributed by atoms with van der Waals surface area (Å²) in [7, 11) is 0. The minimum absolute atomic E-state index is 0.0607. The van der Waals surface area contributed by atoms with Gasteiger partial charge in [-0.15, -0.1) is 0 Å². The number of carbonyl (C=O) groups excluding carboxylic acids is 1. The Hall–Kier alpha value is -2.34. The van der Waals surface area contributed by atoms with E-state index < -0.39 is 0 Å². The van der Waals surface area contributed by atoms with Crippen molar-refractivity contribution in [2.24, 2.45) is 0 Å². The number of rotatable bonds is 3. The fraction of sp³-hybridized carbons (Fsp3) is 0.263. The van der Waals surface area contributed by atoms with Crippen molar-refractivity contribution in [1.29, 1.82) is 0 Å². The SMILES string of the molecule is O=C(OCc1ccccc1)N1CCC[C@H]1c1nc2cc(Br)ccc2[nH]1. The largest absolute Gasteiger partial charge is 0.445 e. The predicted octanol–water partition coefficient (Wildman–Crippen LogP) is 4.80. The highest BCUT2D eigenvalue weighted by atomic mass is 79.9. The maximum absolute atomic E-state index is 12.5. The van der Waals surface area contributed by atoms with Crippen molar-refractivity contribution in [3.05, 3.63) is 64.4 Å². The molecule has 1 aliphatic heterocycles. The van der Waals surface area contributed by atoms with Crippen LogP contribution in [0.5, 0.6) is 0 Å². The Morgan fingerprint density at radius 3 is 2.96 bits per heavy atom. The lowest BCUT2D eigenvalue weighted by molar-refractivity contribution is 0.0910. The van der Waals surface area contributed by atoms with E-state index in [0.29, 0.717) is 6.54 Å². The van der Waals surface area contributed by atoms with Crippen molar-refractivity contribution in [2.75, 3.05) is 6.54 Å². The molecule has 1 saturated heterocycles. The van der Waals surface area contributed by atoms with Crippen LogP contribution < -0.4 is 0 Å². The second-order valence-corrected chi connectivity index (χ2v) is 7.09. The quantitative estimate of drug-likeness (QED) is 0.687. The van der Waals surface area contributed by atoms with Gasteiger partial charge in [-0.3, -0.25) is 4.90 Å². The van der Waals surface area contributed by atoms with Crippen LogP contribution in [0.3, 0.4) is 0 Å². The lowest BCUT2D eigenvalue weighted by Gasteiger charge is -2.22. The summed E-state index contributed by atoms with van der Waals surface area (Å²) in [6, 6.07) is 15.6. The standard InChI is InChI=1S/C19H18BrN3O2/c20-14-8-9-15-16(11-14)22-18(21-15)17-7-4-10-23(17)19(24)25-12-13-5-2-1-3-6-13/h1-3,5-6,8-9,11,17H,4,7,10,12H2,(H,21,22)/t17-/m0/s1. The molecule has 6 heteroatoms. The topological polar surface area (TPSA) is 58.2 Å². The Kier molecular flexibility index (Phi) is 4.44. The Bertz CT molecular complexity index is 894. The minimum atomic E-state index is -0.284. The first-order valence-corrected chi connectivity index (χ1v) is 9.12. The van der Waals surface area contributed by atoms with Crippen LogP contribution in [0.15, 0.2) is 53.0 Å². The van der Waals surface area contributed by atoms with Crippen molar-refractivity contribution in [2.45, 2.75) is 25.5 Å². The summed E-state index contributed by atoms with van der Waals surface area (Å²) in [4.78, 5) is 22.3. The Balaban J connectivity index is 1.50. The molecule has 0 spiro atoms. The number of ether oxygens (including phenoxy) is 1. The van der Waals surface area contributed by atoms with Crippen LogP contribution in [0.1, 0.15) is 30.3 Å². The minimum Gasteiger partial charge on any atom is -0.445 e. The van der Waals surface area contributed by atoms with Gasteiger partial charge in [0.15, 0.2) is 0 Å². The number of aromatic nitrogens is 2. The van der Waals surface area contributed by atoms with E-state index in [9.17, 15) is 4.79 Å². The van der Waals surface area contributed by atoms with Gasteiger partial charge in [-0.1, -0.05) is 46.3 Å². The van der Waals surface area contributed by atoms with Gasteiger partial charge in [-0.25, -0.2) is 9.78 Å². The summed E-state index contributed by atoms with van der Waals surface area (Å²) in [5, 5.41) is 0. The smallest absolute Gasteiger partial charge is 0.410 e. The van der Waals surface area contributed by atoms with Crippen LogP contribution in [0.2, 0.25) is 0 Å². The predicted molar refractivity (Wildman–Crippen MR) is 99.1 cm³/mol. The number of carbonyl (C=O) groups is 1. The van der Waals surface area contributed by atoms with Gasteiger partial charge in [-0.2, -0.15) is 0 Å². The third-order valence-corrected chi connectivity index (χ3v) is 4.96. The number of amides is 1. The number of hydrogen-bond donors (Lipinski definition) is 1. The lowest BCUT2D eigenvalue weighted by atomic mass is 10.2.